The number of ether oxygens (including phenoxy) is 3. The van der Waals surface area contributed by atoms with Crippen LogP contribution in [0, 0.1) is 5.92 Å². The molecule has 0 unspecified atom stereocenters. The fourth-order valence-electron chi connectivity index (χ4n) is 10.5. The number of aliphatic hydroxyl groups excluding tert-OH is 1. The van der Waals surface area contributed by atoms with E-state index in [9.17, 15) is 33.9 Å². The molecule has 2 saturated heterocycles. The third-order valence-corrected chi connectivity index (χ3v) is 13.9. The van der Waals surface area contributed by atoms with Crippen LogP contribution < -0.4 is 21.3 Å². The third kappa shape index (κ3) is 11.3. The molecule has 2 heterocycles. The van der Waals surface area contributed by atoms with E-state index >= 15 is 0 Å². The molecule has 4 aromatic rings. The van der Waals surface area contributed by atoms with Gasteiger partial charge in [0.15, 0.2) is 0 Å². The number of likely N-dealkylation sites (tertiary alicyclic amines) is 2. The molecule has 16 nitrogen and oxygen atoms in total. The second kappa shape index (κ2) is 23.2. The van der Waals surface area contributed by atoms with E-state index in [1.807, 2.05) is 60.7 Å². The van der Waals surface area contributed by atoms with Crippen molar-refractivity contribution in [2.24, 2.45) is 5.92 Å². The molecule has 4 aromatic carbocycles. The largest absolute Gasteiger partial charge is 0.453 e. The Bertz CT molecular complexity index is 2500. The fourth-order valence-corrected chi connectivity index (χ4v) is 10.5. The first-order chi connectivity index (χ1) is 33.8. The van der Waals surface area contributed by atoms with Gasteiger partial charge in [-0.2, -0.15) is 0 Å². The lowest BCUT2D eigenvalue weighted by atomic mass is 9.70. The topological polar surface area (TPSA) is 205 Å². The summed E-state index contributed by atoms with van der Waals surface area (Å²) < 4.78 is 15.2. The Hall–Kier alpha value is -6.78. The number of methoxy groups -OCH3 is 3. The highest BCUT2D eigenvalue weighted by atomic mass is 16.5. The van der Waals surface area contributed by atoms with Crippen LogP contribution in [0.1, 0.15) is 93.5 Å². The average Bonchev–Trinajstić information content (AvgIpc) is 4.06. The zero-order valence-corrected chi connectivity index (χ0v) is 40.7. The first-order valence-corrected chi connectivity index (χ1v) is 24.3. The van der Waals surface area contributed by atoms with Crippen molar-refractivity contribution in [2.75, 3.05) is 51.7 Å². The van der Waals surface area contributed by atoms with Crippen molar-refractivity contribution in [3.63, 3.8) is 0 Å². The number of carbonyl (C=O) groups excluding carboxylic acids is 6. The summed E-state index contributed by atoms with van der Waals surface area (Å²) in [4.78, 5) is 85.1. The number of alkyl carbamates (subject to hydrolysis) is 2. The van der Waals surface area contributed by atoms with E-state index in [4.69, 9.17) is 14.2 Å². The molecule has 1 aliphatic carbocycles. The van der Waals surface area contributed by atoms with Crippen molar-refractivity contribution >= 4 is 47.2 Å². The summed E-state index contributed by atoms with van der Waals surface area (Å²) in [6, 6.07) is 25.9. The van der Waals surface area contributed by atoms with Crippen LogP contribution in [-0.2, 0) is 45.2 Å². The Kier molecular flexibility index (Phi) is 16.9. The Morgan fingerprint density at radius 3 is 1.74 bits per heavy atom. The van der Waals surface area contributed by atoms with E-state index in [2.05, 4.69) is 41.2 Å². The SMILES string of the molecule is CCCCC1(CCCC)c2cc(NC(=O)[C@@H]3C[C@H](COC)CN3C(=O)[C@@H](Cc3ccccc3)NC(=O)OC)ccc2-c2ccc(NC(=O)[C@@H]3C[C@@H](O)CN3C(=O)[C@H](NC(=O)OC)c3ccccc3)cc21. The van der Waals surface area contributed by atoms with E-state index in [1.54, 1.807) is 42.3 Å². The minimum absolute atomic E-state index is 0.0115. The molecule has 0 radical (unpaired) electrons. The van der Waals surface area contributed by atoms with Gasteiger partial charge in [0.25, 0.3) is 5.91 Å². The van der Waals surface area contributed by atoms with Crippen molar-refractivity contribution < 1.29 is 48.1 Å². The van der Waals surface area contributed by atoms with Gasteiger partial charge in [-0.3, -0.25) is 19.2 Å². The van der Waals surface area contributed by atoms with Gasteiger partial charge in [-0.1, -0.05) is 112 Å². The lowest BCUT2D eigenvalue weighted by molar-refractivity contribution is -0.138. The lowest BCUT2D eigenvalue weighted by Crippen LogP contribution is -2.53. The zero-order chi connectivity index (χ0) is 50.0. The van der Waals surface area contributed by atoms with Gasteiger partial charge in [0.05, 0.1) is 26.9 Å². The first-order valence-electron chi connectivity index (χ1n) is 24.3. The van der Waals surface area contributed by atoms with Crippen molar-refractivity contribution in [2.45, 2.75) is 107 Å². The molecule has 16 heteroatoms. The number of aliphatic hydroxyl groups is 1. The lowest BCUT2D eigenvalue weighted by Gasteiger charge is -2.33. The number of unbranched alkanes of at least 4 members (excludes halogenated alkanes) is 2. The van der Waals surface area contributed by atoms with E-state index < -0.39 is 65.6 Å². The highest BCUT2D eigenvalue weighted by Gasteiger charge is 2.46. The van der Waals surface area contributed by atoms with Gasteiger partial charge >= 0.3 is 12.2 Å². The molecule has 0 bridgehead atoms. The van der Waals surface area contributed by atoms with Crippen LogP contribution in [0.5, 0.6) is 0 Å². The predicted octanol–water partition coefficient (Wildman–Crippen LogP) is 7.10. The number of nitrogens with zero attached hydrogens (tertiary/aromatic N) is 2. The number of fused-ring (bicyclic) bond motifs is 3. The standard InChI is InChI=1S/C54H66N6O10/c1-6-8-24-54(25-9-7-2)42-28-37(55-48(62)45-27-35(33-68-3)31-59(45)50(64)44(57-52(66)69-4)26-34-16-12-10-13-17-34)20-22-40(42)41-23-21-38(29-43(41)54)56-49(63)46-30-39(61)32-60(46)51(65)47(58-53(67)70-5)36-18-14-11-15-19-36/h10-23,28-29,35,39,44-47,61H,6-9,24-27,30-33H2,1-5H3,(H,55,62)(H,56,63)(H,57,66)(H,58,67)/t35-,39+,44+,45-,46-,47+/m0/s1. The average molecular weight is 959 g/mol. The van der Waals surface area contributed by atoms with Crippen LogP contribution in [0.25, 0.3) is 11.1 Å². The van der Waals surface area contributed by atoms with Crippen LogP contribution in [0.2, 0.25) is 0 Å². The van der Waals surface area contributed by atoms with Crippen molar-refractivity contribution in [3.8, 4) is 11.1 Å². The summed E-state index contributed by atoms with van der Waals surface area (Å²) >= 11 is 0. The number of β-amino-alcohol motifs (C(OH)–C–C–N with tert-alkyl or cyclic N) is 1. The normalized spacial score (nSPS) is 19.6. The molecule has 0 saturated carbocycles. The molecule has 3 aliphatic rings. The van der Waals surface area contributed by atoms with Gasteiger partial charge in [-0.25, -0.2) is 9.59 Å². The Labute approximate surface area is 409 Å². The highest BCUT2D eigenvalue weighted by Crippen LogP contribution is 2.55. The summed E-state index contributed by atoms with van der Waals surface area (Å²) in [5.41, 5.74) is 6.13. The molecule has 0 spiro atoms. The quantitative estimate of drug-likeness (QED) is 0.0645. The molecular formula is C54H66N6O10. The number of benzene rings is 4. The van der Waals surface area contributed by atoms with Crippen LogP contribution in [-0.4, -0.2) is 116 Å². The maximum atomic E-state index is 14.5. The van der Waals surface area contributed by atoms with Gasteiger partial charge < -0.3 is 50.4 Å². The predicted molar refractivity (Wildman–Crippen MR) is 265 cm³/mol. The number of rotatable bonds is 19. The van der Waals surface area contributed by atoms with E-state index in [0.717, 1.165) is 66.3 Å². The molecule has 372 valence electrons. The molecule has 70 heavy (non-hydrogen) atoms. The van der Waals surface area contributed by atoms with Crippen LogP contribution >= 0.6 is 0 Å². The second-order valence-corrected chi connectivity index (χ2v) is 18.6. The van der Waals surface area contributed by atoms with Gasteiger partial charge in [0.2, 0.25) is 17.7 Å². The second-order valence-electron chi connectivity index (χ2n) is 18.6. The number of carbonyl (C=O) groups is 6. The minimum Gasteiger partial charge on any atom is -0.453 e. The summed E-state index contributed by atoms with van der Waals surface area (Å²) in [5, 5.41) is 22.4. The van der Waals surface area contributed by atoms with E-state index in [1.165, 1.54) is 19.1 Å². The molecule has 6 atom stereocenters. The van der Waals surface area contributed by atoms with Crippen LogP contribution in [0.4, 0.5) is 21.0 Å². The Morgan fingerprint density at radius 2 is 1.20 bits per heavy atom. The number of nitrogens with one attached hydrogen (secondary N) is 4. The summed E-state index contributed by atoms with van der Waals surface area (Å²) in [7, 11) is 4.03. The van der Waals surface area contributed by atoms with Gasteiger partial charge in [-0.15, -0.1) is 0 Å². The maximum absolute atomic E-state index is 14.5. The molecule has 2 aliphatic heterocycles. The number of amides is 6. The summed E-state index contributed by atoms with van der Waals surface area (Å²) in [5.74, 6) is -1.88. The smallest absolute Gasteiger partial charge is 0.407 e. The molecule has 2 fully saturated rings. The van der Waals surface area contributed by atoms with Gasteiger partial charge in [-0.05, 0) is 76.9 Å². The Morgan fingerprint density at radius 1 is 0.671 bits per heavy atom. The number of hydrogen-bond donors (Lipinski definition) is 5. The third-order valence-electron chi connectivity index (χ3n) is 13.9. The zero-order valence-electron chi connectivity index (χ0n) is 40.7. The van der Waals surface area contributed by atoms with Crippen molar-refractivity contribution in [1.29, 1.82) is 0 Å². The number of anilines is 2. The molecule has 6 amide bonds. The fraction of sp³-hybridized carbons (Fsp3) is 0.444. The molecule has 0 aromatic heterocycles. The number of hydrogen-bond acceptors (Lipinski definition) is 10. The van der Waals surface area contributed by atoms with Crippen LogP contribution in [0.15, 0.2) is 97.1 Å². The van der Waals surface area contributed by atoms with Crippen LogP contribution in [0.3, 0.4) is 0 Å². The van der Waals surface area contributed by atoms with Gasteiger partial charge in [0.1, 0.15) is 24.2 Å². The monoisotopic (exact) mass is 958 g/mol. The molecule has 7 rings (SSSR count). The summed E-state index contributed by atoms with van der Waals surface area (Å²) in [6.07, 6.45) is 3.40. The maximum Gasteiger partial charge on any atom is 0.407 e. The summed E-state index contributed by atoms with van der Waals surface area (Å²) in [6.45, 7) is 4.83. The Balaban J connectivity index is 1.16. The molecular weight excluding hydrogens is 893 g/mol. The van der Waals surface area contributed by atoms with Gasteiger partial charge in [0, 0.05) is 55.7 Å². The van der Waals surface area contributed by atoms with E-state index in [0.29, 0.717) is 30.0 Å². The highest BCUT2D eigenvalue weighted by molar-refractivity contribution is 6.01. The minimum atomic E-state index is -1.15. The van der Waals surface area contributed by atoms with Crippen molar-refractivity contribution in [3.05, 3.63) is 119 Å². The molecule has 5 N–H and O–H groups in total. The van der Waals surface area contributed by atoms with Crippen molar-refractivity contribution in [1.82, 2.24) is 20.4 Å². The van der Waals surface area contributed by atoms with E-state index in [-0.39, 0.29) is 37.8 Å². The first kappa shape index (κ1) is 51.1.